The van der Waals surface area contributed by atoms with Crippen molar-refractivity contribution in [1.29, 1.82) is 0 Å². The second-order valence-electron chi connectivity index (χ2n) is 8.35. The van der Waals surface area contributed by atoms with Crippen molar-refractivity contribution in [2.24, 2.45) is 23.5 Å². The van der Waals surface area contributed by atoms with Gasteiger partial charge in [-0.25, -0.2) is 0 Å². The van der Waals surface area contributed by atoms with E-state index in [1.165, 1.54) is 57.8 Å². The highest BCUT2D eigenvalue weighted by Gasteiger charge is 2.14. The van der Waals surface area contributed by atoms with Crippen molar-refractivity contribution in [3.63, 3.8) is 0 Å². The molecule has 0 aliphatic heterocycles. The fourth-order valence-electron chi connectivity index (χ4n) is 3.51. The van der Waals surface area contributed by atoms with Gasteiger partial charge in [0.1, 0.15) is 0 Å². The van der Waals surface area contributed by atoms with Gasteiger partial charge >= 0.3 is 5.97 Å². The maximum absolute atomic E-state index is 10.9. The first-order valence-electron chi connectivity index (χ1n) is 11.1. The molecular weight excluding hydrogens is 322 g/mol. The summed E-state index contributed by atoms with van der Waals surface area (Å²) in [6.07, 6.45) is 19.4. The molecule has 0 saturated heterocycles. The summed E-state index contributed by atoms with van der Waals surface area (Å²) in [6, 6.07) is 0. The summed E-state index contributed by atoms with van der Waals surface area (Å²) in [6.45, 7) is 7.51. The van der Waals surface area contributed by atoms with Crippen molar-refractivity contribution in [2.45, 2.75) is 104 Å². The minimum Gasteiger partial charge on any atom is -0.481 e. The molecule has 154 valence electrons. The van der Waals surface area contributed by atoms with Gasteiger partial charge in [-0.3, -0.25) is 4.79 Å². The summed E-state index contributed by atoms with van der Waals surface area (Å²) >= 11 is 0. The van der Waals surface area contributed by atoms with Crippen LogP contribution in [0.4, 0.5) is 0 Å². The van der Waals surface area contributed by atoms with Gasteiger partial charge in [0.05, 0.1) is 0 Å². The molecule has 0 aliphatic carbocycles. The highest BCUT2D eigenvalue weighted by Crippen LogP contribution is 2.26. The Morgan fingerprint density at radius 2 is 1.62 bits per heavy atom. The highest BCUT2D eigenvalue weighted by atomic mass is 16.4. The van der Waals surface area contributed by atoms with Gasteiger partial charge in [0.25, 0.3) is 0 Å². The number of carboxylic acid groups (broad SMARTS) is 1. The van der Waals surface area contributed by atoms with Crippen LogP contribution in [0.15, 0.2) is 12.2 Å². The van der Waals surface area contributed by atoms with E-state index < -0.39 is 5.97 Å². The van der Waals surface area contributed by atoms with Gasteiger partial charge in [-0.05, 0) is 69.2 Å². The number of rotatable bonds is 18. The average molecular weight is 368 g/mol. The standard InChI is InChI=1S/C23H45NO2/c1-4-5-6-7-8-9-10-11-21(13-12-20(2)3)14-15-22(18-19-24)16-17-23(25)26/h9-10,20-22H,4-8,11-19,24H2,1-3H3,(H,25,26)/b10-9-/t21-,22+/m1/s1. The minimum atomic E-state index is -0.686. The molecule has 0 unspecified atom stereocenters. The molecule has 3 heteroatoms. The average Bonchev–Trinajstić information content (AvgIpc) is 2.59. The molecule has 26 heavy (non-hydrogen) atoms. The van der Waals surface area contributed by atoms with Gasteiger partial charge < -0.3 is 10.8 Å². The monoisotopic (exact) mass is 367 g/mol. The van der Waals surface area contributed by atoms with Crippen molar-refractivity contribution < 1.29 is 9.90 Å². The van der Waals surface area contributed by atoms with Crippen molar-refractivity contribution in [3.05, 3.63) is 12.2 Å². The normalized spacial score (nSPS) is 14.2. The van der Waals surface area contributed by atoms with Crippen LogP contribution in [-0.4, -0.2) is 17.6 Å². The number of hydrogen-bond acceptors (Lipinski definition) is 2. The number of unbranched alkanes of at least 4 members (excludes halogenated alkanes) is 4. The summed E-state index contributed by atoms with van der Waals surface area (Å²) in [5, 5.41) is 8.93. The van der Waals surface area contributed by atoms with Gasteiger partial charge in [0.2, 0.25) is 0 Å². The van der Waals surface area contributed by atoms with E-state index in [0.29, 0.717) is 12.5 Å². The zero-order chi connectivity index (χ0) is 19.6. The lowest BCUT2D eigenvalue weighted by atomic mass is 9.85. The maximum Gasteiger partial charge on any atom is 0.303 e. The molecule has 0 spiro atoms. The second-order valence-corrected chi connectivity index (χ2v) is 8.35. The first-order valence-corrected chi connectivity index (χ1v) is 11.1. The van der Waals surface area contributed by atoms with Gasteiger partial charge in [-0.15, -0.1) is 0 Å². The largest absolute Gasteiger partial charge is 0.481 e. The van der Waals surface area contributed by atoms with Crippen LogP contribution in [0, 0.1) is 17.8 Å². The van der Waals surface area contributed by atoms with E-state index in [-0.39, 0.29) is 6.42 Å². The lowest BCUT2D eigenvalue weighted by Crippen LogP contribution is -2.13. The molecule has 3 nitrogen and oxygen atoms in total. The van der Waals surface area contributed by atoms with Crippen LogP contribution in [0.3, 0.4) is 0 Å². The van der Waals surface area contributed by atoms with Gasteiger partial charge in [-0.1, -0.05) is 65.0 Å². The Kier molecular flexibility index (Phi) is 17.0. The third kappa shape index (κ3) is 16.6. The van der Waals surface area contributed by atoms with Gasteiger partial charge in [0.15, 0.2) is 0 Å². The Hall–Kier alpha value is -0.830. The van der Waals surface area contributed by atoms with E-state index in [1.807, 2.05) is 0 Å². The number of carbonyl (C=O) groups is 1. The lowest BCUT2D eigenvalue weighted by Gasteiger charge is -2.21. The van der Waals surface area contributed by atoms with Crippen molar-refractivity contribution in [3.8, 4) is 0 Å². The summed E-state index contributed by atoms with van der Waals surface area (Å²) < 4.78 is 0. The Labute approximate surface area is 162 Å². The molecule has 0 heterocycles. The molecule has 0 aromatic heterocycles. The lowest BCUT2D eigenvalue weighted by molar-refractivity contribution is -0.137. The molecule has 0 aromatic carbocycles. The molecule has 0 fully saturated rings. The van der Waals surface area contributed by atoms with Crippen molar-refractivity contribution >= 4 is 5.97 Å². The van der Waals surface area contributed by atoms with E-state index in [0.717, 1.165) is 31.1 Å². The van der Waals surface area contributed by atoms with Crippen LogP contribution in [0.2, 0.25) is 0 Å². The van der Waals surface area contributed by atoms with E-state index in [2.05, 4.69) is 32.9 Å². The number of hydrogen-bond donors (Lipinski definition) is 2. The Balaban J connectivity index is 4.32. The Morgan fingerprint density at radius 1 is 0.923 bits per heavy atom. The Morgan fingerprint density at radius 3 is 2.23 bits per heavy atom. The summed E-state index contributed by atoms with van der Waals surface area (Å²) in [5.74, 6) is 1.27. The summed E-state index contributed by atoms with van der Waals surface area (Å²) in [5.41, 5.74) is 5.73. The number of carboxylic acids is 1. The zero-order valence-electron chi connectivity index (χ0n) is 17.7. The minimum absolute atomic E-state index is 0.277. The molecule has 2 atom stereocenters. The molecule has 0 bridgehead atoms. The van der Waals surface area contributed by atoms with Crippen molar-refractivity contribution in [2.75, 3.05) is 6.54 Å². The molecule has 3 N–H and O–H groups in total. The van der Waals surface area contributed by atoms with E-state index >= 15 is 0 Å². The molecule has 0 radical (unpaired) electrons. The third-order valence-corrected chi connectivity index (χ3v) is 5.34. The Bertz CT molecular complexity index is 352. The molecule has 0 aromatic rings. The van der Waals surface area contributed by atoms with Gasteiger partial charge in [0, 0.05) is 6.42 Å². The maximum atomic E-state index is 10.9. The van der Waals surface area contributed by atoms with Gasteiger partial charge in [-0.2, -0.15) is 0 Å². The summed E-state index contributed by atoms with van der Waals surface area (Å²) in [7, 11) is 0. The highest BCUT2D eigenvalue weighted by molar-refractivity contribution is 5.66. The van der Waals surface area contributed by atoms with Crippen LogP contribution in [0.25, 0.3) is 0 Å². The smallest absolute Gasteiger partial charge is 0.303 e. The zero-order valence-corrected chi connectivity index (χ0v) is 17.7. The van der Waals surface area contributed by atoms with Crippen LogP contribution in [-0.2, 0) is 4.79 Å². The third-order valence-electron chi connectivity index (χ3n) is 5.34. The topological polar surface area (TPSA) is 63.3 Å². The molecule has 0 aliphatic rings. The van der Waals surface area contributed by atoms with E-state index in [1.54, 1.807) is 0 Å². The first-order chi connectivity index (χ1) is 12.5. The number of aliphatic carboxylic acids is 1. The van der Waals surface area contributed by atoms with Crippen LogP contribution >= 0.6 is 0 Å². The van der Waals surface area contributed by atoms with Crippen LogP contribution in [0.1, 0.15) is 104 Å². The molecule has 0 amide bonds. The van der Waals surface area contributed by atoms with E-state index in [4.69, 9.17) is 10.8 Å². The summed E-state index contributed by atoms with van der Waals surface area (Å²) in [4.78, 5) is 10.9. The predicted molar refractivity (Wildman–Crippen MR) is 113 cm³/mol. The SMILES string of the molecule is CCCCCC/C=C\C[C@H](CCC(C)C)CC[C@H](CCN)CCC(=O)O. The predicted octanol–water partition coefficient (Wildman–Crippen LogP) is 6.57. The first kappa shape index (κ1) is 25.2. The van der Waals surface area contributed by atoms with E-state index in [9.17, 15) is 4.79 Å². The fraction of sp³-hybridized carbons (Fsp3) is 0.870. The number of nitrogens with two attached hydrogens (primary N) is 1. The second kappa shape index (κ2) is 17.6. The fourth-order valence-corrected chi connectivity index (χ4v) is 3.51. The van der Waals surface area contributed by atoms with Crippen LogP contribution in [0.5, 0.6) is 0 Å². The van der Waals surface area contributed by atoms with Crippen molar-refractivity contribution in [1.82, 2.24) is 0 Å². The molecular formula is C23H45NO2. The molecule has 0 rings (SSSR count). The quantitative estimate of drug-likeness (QED) is 0.213. The number of allylic oxidation sites excluding steroid dienone is 2. The van der Waals surface area contributed by atoms with Crippen LogP contribution < -0.4 is 5.73 Å². The molecule has 0 saturated carbocycles.